The van der Waals surface area contributed by atoms with Gasteiger partial charge in [-0.25, -0.2) is 8.78 Å². The number of aryl methyl sites for hydroxylation is 1. The summed E-state index contributed by atoms with van der Waals surface area (Å²) >= 11 is 0. The SMILES string of the molecule is CC1=CC=C(OCc2ccc(C)c(F)c2F)C(F)(F)C1(F)F. The second kappa shape index (κ2) is 5.37. The van der Waals surface area contributed by atoms with Crippen LogP contribution in [0.1, 0.15) is 18.1 Å². The Bertz CT molecular complexity index is 660. The zero-order valence-corrected chi connectivity index (χ0v) is 11.7. The van der Waals surface area contributed by atoms with Gasteiger partial charge in [0.15, 0.2) is 17.4 Å². The summed E-state index contributed by atoms with van der Waals surface area (Å²) in [6.07, 6.45) is 1.51. The number of halogens is 6. The summed E-state index contributed by atoms with van der Waals surface area (Å²) in [6, 6.07) is 2.39. The van der Waals surface area contributed by atoms with Gasteiger partial charge in [0, 0.05) is 11.1 Å². The van der Waals surface area contributed by atoms with Gasteiger partial charge in [-0.05, 0) is 25.5 Å². The van der Waals surface area contributed by atoms with Crippen LogP contribution < -0.4 is 0 Å². The van der Waals surface area contributed by atoms with E-state index in [1.165, 1.54) is 13.0 Å². The Morgan fingerprint density at radius 1 is 0.909 bits per heavy atom. The van der Waals surface area contributed by atoms with Gasteiger partial charge in [0.05, 0.1) is 0 Å². The van der Waals surface area contributed by atoms with E-state index >= 15 is 0 Å². The first-order chi connectivity index (χ1) is 10.1. The van der Waals surface area contributed by atoms with Gasteiger partial charge in [0.25, 0.3) is 0 Å². The predicted molar refractivity (Wildman–Crippen MR) is 67.6 cm³/mol. The van der Waals surface area contributed by atoms with Crippen LogP contribution in [0.15, 0.2) is 35.6 Å². The van der Waals surface area contributed by atoms with E-state index in [-0.39, 0.29) is 11.1 Å². The van der Waals surface area contributed by atoms with Crippen LogP contribution in [0.3, 0.4) is 0 Å². The zero-order valence-electron chi connectivity index (χ0n) is 11.7. The number of hydrogen-bond donors (Lipinski definition) is 0. The van der Waals surface area contributed by atoms with E-state index < -0.39 is 41.4 Å². The van der Waals surface area contributed by atoms with Gasteiger partial charge >= 0.3 is 11.8 Å². The minimum absolute atomic E-state index is 0.0357. The summed E-state index contributed by atoms with van der Waals surface area (Å²) in [7, 11) is 0. The van der Waals surface area contributed by atoms with Crippen LogP contribution in [-0.4, -0.2) is 11.8 Å². The molecule has 2 rings (SSSR count). The molecule has 0 spiro atoms. The molecular formula is C15H12F6O. The Balaban J connectivity index is 2.24. The van der Waals surface area contributed by atoms with Crippen LogP contribution >= 0.6 is 0 Å². The average Bonchev–Trinajstić information content (AvgIpc) is 2.44. The number of hydrogen-bond acceptors (Lipinski definition) is 1. The number of benzene rings is 1. The van der Waals surface area contributed by atoms with Crippen LogP contribution in [0.2, 0.25) is 0 Å². The van der Waals surface area contributed by atoms with Crippen molar-refractivity contribution in [2.75, 3.05) is 0 Å². The molecule has 0 unspecified atom stereocenters. The van der Waals surface area contributed by atoms with Crippen LogP contribution in [0.5, 0.6) is 0 Å². The first-order valence-corrected chi connectivity index (χ1v) is 6.30. The molecule has 22 heavy (non-hydrogen) atoms. The fraction of sp³-hybridized carbons (Fsp3) is 0.333. The summed E-state index contributed by atoms with van der Waals surface area (Å²) in [4.78, 5) is 0. The lowest BCUT2D eigenvalue weighted by atomic mass is 9.96. The molecule has 1 nitrogen and oxygen atoms in total. The smallest absolute Gasteiger partial charge is 0.369 e. The van der Waals surface area contributed by atoms with Crippen LogP contribution in [0, 0.1) is 18.6 Å². The van der Waals surface area contributed by atoms with Crippen molar-refractivity contribution in [3.05, 3.63) is 58.4 Å². The third-order valence-corrected chi connectivity index (χ3v) is 3.42. The molecule has 0 heterocycles. The molecule has 0 bridgehead atoms. The summed E-state index contributed by atoms with van der Waals surface area (Å²) in [5, 5.41) is 0. The lowest BCUT2D eigenvalue weighted by Crippen LogP contribution is -2.45. The normalized spacial score (nSPS) is 19.5. The number of alkyl halides is 4. The maximum Gasteiger partial charge on any atom is 0.369 e. The minimum Gasteiger partial charge on any atom is -0.487 e. The monoisotopic (exact) mass is 322 g/mol. The molecule has 0 aliphatic heterocycles. The third kappa shape index (κ3) is 2.48. The highest BCUT2D eigenvalue weighted by atomic mass is 19.3. The van der Waals surface area contributed by atoms with Gasteiger partial charge in [0.2, 0.25) is 0 Å². The van der Waals surface area contributed by atoms with E-state index in [0.717, 1.165) is 19.1 Å². The largest absolute Gasteiger partial charge is 0.487 e. The van der Waals surface area contributed by atoms with Gasteiger partial charge in [-0.2, -0.15) is 17.6 Å². The molecule has 0 saturated carbocycles. The fourth-order valence-corrected chi connectivity index (χ4v) is 1.90. The van der Waals surface area contributed by atoms with Crippen molar-refractivity contribution < 1.29 is 31.1 Å². The Morgan fingerprint density at radius 3 is 2.18 bits per heavy atom. The van der Waals surface area contributed by atoms with E-state index in [2.05, 4.69) is 4.74 Å². The third-order valence-electron chi connectivity index (χ3n) is 3.42. The summed E-state index contributed by atoms with van der Waals surface area (Å²) in [5.74, 6) is -12.6. The van der Waals surface area contributed by atoms with E-state index in [9.17, 15) is 26.3 Å². The van der Waals surface area contributed by atoms with E-state index in [0.29, 0.717) is 6.08 Å². The first kappa shape index (κ1) is 16.5. The maximum atomic E-state index is 13.7. The molecule has 0 atom stereocenters. The van der Waals surface area contributed by atoms with Gasteiger partial charge in [-0.15, -0.1) is 0 Å². The van der Waals surface area contributed by atoms with Crippen molar-refractivity contribution in [2.45, 2.75) is 32.3 Å². The van der Waals surface area contributed by atoms with Crippen molar-refractivity contribution in [1.29, 1.82) is 0 Å². The van der Waals surface area contributed by atoms with Crippen molar-refractivity contribution in [3.63, 3.8) is 0 Å². The van der Waals surface area contributed by atoms with Crippen molar-refractivity contribution in [2.24, 2.45) is 0 Å². The number of rotatable bonds is 3. The van der Waals surface area contributed by atoms with Crippen molar-refractivity contribution in [1.82, 2.24) is 0 Å². The highest BCUT2D eigenvalue weighted by Crippen LogP contribution is 2.47. The van der Waals surface area contributed by atoms with Crippen LogP contribution in [0.4, 0.5) is 26.3 Å². The standard InChI is InChI=1S/C15H12F6O/c1-8-3-5-10(13(17)12(8)16)7-22-11-6-4-9(2)14(18,19)15(11,20)21/h3-6H,7H2,1-2H3. The molecule has 0 aromatic heterocycles. The Morgan fingerprint density at radius 2 is 1.55 bits per heavy atom. The molecule has 0 fully saturated rings. The Labute approximate surface area is 122 Å². The van der Waals surface area contributed by atoms with E-state index in [1.807, 2.05) is 0 Å². The lowest BCUT2D eigenvalue weighted by molar-refractivity contribution is -0.186. The summed E-state index contributed by atoms with van der Waals surface area (Å²) in [5.41, 5.74) is -1.11. The van der Waals surface area contributed by atoms with Gasteiger partial charge in [-0.1, -0.05) is 18.2 Å². The average molecular weight is 322 g/mol. The number of allylic oxidation sites excluding steroid dienone is 4. The Hall–Kier alpha value is -1.92. The molecular weight excluding hydrogens is 310 g/mol. The molecule has 0 saturated heterocycles. The molecule has 120 valence electrons. The highest BCUT2D eigenvalue weighted by Gasteiger charge is 2.62. The molecule has 1 aliphatic carbocycles. The number of ether oxygens (including phenoxy) is 1. The van der Waals surface area contributed by atoms with Gasteiger partial charge in [0.1, 0.15) is 6.61 Å². The second-order valence-corrected chi connectivity index (χ2v) is 4.99. The van der Waals surface area contributed by atoms with Gasteiger partial charge < -0.3 is 4.74 Å². The highest BCUT2D eigenvalue weighted by molar-refractivity contribution is 5.34. The van der Waals surface area contributed by atoms with Crippen LogP contribution in [0.25, 0.3) is 0 Å². The summed E-state index contributed by atoms with van der Waals surface area (Å²) in [6.45, 7) is 1.42. The molecule has 1 aromatic rings. The van der Waals surface area contributed by atoms with Crippen LogP contribution in [-0.2, 0) is 11.3 Å². The molecule has 0 N–H and O–H groups in total. The first-order valence-electron chi connectivity index (χ1n) is 6.30. The van der Waals surface area contributed by atoms with Crippen molar-refractivity contribution in [3.8, 4) is 0 Å². The zero-order chi connectivity index (χ0) is 16.7. The fourth-order valence-electron chi connectivity index (χ4n) is 1.90. The van der Waals surface area contributed by atoms with E-state index in [1.54, 1.807) is 0 Å². The van der Waals surface area contributed by atoms with Gasteiger partial charge in [-0.3, -0.25) is 0 Å². The maximum absolute atomic E-state index is 13.7. The quantitative estimate of drug-likeness (QED) is 0.719. The minimum atomic E-state index is -4.55. The molecule has 0 radical (unpaired) electrons. The topological polar surface area (TPSA) is 9.23 Å². The van der Waals surface area contributed by atoms with Crippen molar-refractivity contribution >= 4 is 0 Å². The summed E-state index contributed by atoms with van der Waals surface area (Å²) < 4.78 is 85.9. The molecule has 0 amide bonds. The Kier molecular flexibility index (Phi) is 4.02. The molecule has 1 aliphatic rings. The lowest BCUT2D eigenvalue weighted by Gasteiger charge is -2.31. The second-order valence-electron chi connectivity index (χ2n) is 4.99. The molecule has 7 heteroatoms. The van der Waals surface area contributed by atoms with E-state index in [4.69, 9.17) is 0 Å². The predicted octanol–water partition coefficient (Wildman–Crippen LogP) is 4.90. The molecule has 1 aromatic carbocycles.